The molecule has 0 aliphatic heterocycles. The van der Waals surface area contributed by atoms with Crippen molar-refractivity contribution >= 4 is 32.4 Å². The van der Waals surface area contributed by atoms with Gasteiger partial charge in [0.25, 0.3) is 0 Å². The van der Waals surface area contributed by atoms with Crippen LogP contribution in [0.15, 0.2) is 17.2 Å². The summed E-state index contributed by atoms with van der Waals surface area (Å²) in [5, 5.41) is 5.14. The molecule has 0 fully saturated rings. The lowest BCUT2D eigenvalue weighted by Gasteiger charge is -1.95. The molecule has 0 saturated carbocycles. The number of thiazole rings is 1. The van der Waals surface area contributed by atoms with Crippen LogP contribution in [0.5, 0.6) is 0 Å². The fourth-order valence-electron chi connectivity index (χ4n) is 1.65. The Hall–Kier alpha value is -1.42. The highest BCUT2D eigenvalue weighted by Crippen LogP contribution is 2.29. The standard InChI is InChI=1S/C13H17N3S/c1-5-10(4)15-16-13-14-11-7-8(2)6-9(3)12(11)17-13/h6-7H,5H2,1-4H3,(H,14,16)/b15-10+. The maximum absolute atomic E-state index is 4.54. The third-order valence-electron chi connectivity index (χ3n) is 2.67. The number of benzene rings is 1. The molecular weight excluding hydrogens is 230 g/mol. The number of hydrogen-bond donors (Lipinski definition) is 1. The molecule has 0 radical (unpaired) electrons. The lowest BCUT2D eigenvalue weighted by atomic mass is 10.1. The molecule has 0 amide bonds. The zero-order valence-electron chi connectivity index (χ0n) is 10.7. The molecule has 1 N–H and O–H groups in total. The topological polar surface area (TPSA) is 37.3 Å². The zero-order valence-corrected chi connectivity index (χ0v) is 11.5. The maximum Gasteiger partial charge on any atom is 0.204 e. The summed E-state index contributed by atoms with van der Waals surface area (Å²) in [5.41, 5.74) is 7.69. The minimum atomic E-state index is 0.862. The highest BCUT2D eigenvalue weighted by molar-refractivity contribution is 7.22. The van der Waals surface area contributed by atoms with E-state index in [-0.39, 0.29) is 0 Å². The van der Waals surface area contributed by atoms with Crippen molar-refractivity contribution in [2.24, 2.45) is 5.10 Å². The second-order valence-electron chi connectivity index (χ2n) is 4.26. The summed E-state index contributed by atoms with van der Waals surface area (Å²) in [5.74, 6) is 0. The first-order chi connectivity index (χ1) is 8.10. The van der Waals surface area contributed by atoms with Crippen LogP contribution in [0.2, 0.25) is 0 Å². The highest BCUT2D eigenvalue weighted by atomic mass is 32.1. The van der Waals surface area contributed by atoms with Gasteiger partial charge in [-0.3, -0.25) is 5.43 Å². The first-order valence-electron chi connectivity index (χ1n) is 5.77. The van der Waals surface area contributed by atoms with Crippen LogP contribution in [-0.2, 0) is 0 Å². The molecule has 2 rings (SSSR count). The Morgan fingerprint density at radius 3 is 2.88 bits per heavy atom. The van der Waals surface area contributed by atoms with Crippen molar-refractivity contribution in [3.63, 3.8) is 0 Å². The number of anilines is 1. The van der Waals surface area contributed by atoms with Crippen LogP contribution >= 0.6 is 11.3 Å². The van der Waals surface area contributed by atoms with E-state index in [1.807, 2.05) is 6.92 Å². The van der Waals surface area contributed by atoms with Crippen molar-refractivity contribution in [2.45, 2.75) is 34.1 Å². The predicted octanol–water partition coefficient (Wildman–Crippen LogP) is 4.11. The molecule has 0 bridgehead atoms. The van der Waals surface area contributed by atoms with E-state index in [1.165, 1.54) is 15.8 Å². The van der Waals surface area contributed by atoms with Gasteiger partial charge in [-0.05, 0) is 44.4 Å². The molecule has 0 aliphatic rings. The van der Waals surface area contributed by atoms with E-state index in [9.17, 15) is 0 Å². The molecule has 17 heavy (non-hydrogen) atoms. The van der Waals surface area contributed by atoms with Crippen molar-refractivity contribution in [3.05, 3.63) is 23.3 Å². The Kier molecular flexibility index (Phi) is 3.43. The number of hydrogen-bond acceptors (Lipinski definition) is 4. The van der Waals surface area contributed by atoms with Crippen LogP contribution in [0, 0.1) is 13.8 Å². The number of fused-ring (bicyclic) bond motifs is 1. The molecule has 4 heteroatoms. The van der Waals surface area contributed by atoms with Crippen molar-refractivity contribution in [1.29, 1.82) is 0 Å². The molecule has 2 aromatic rings. The van der Waals surface area contributed by atoms with Gasteiger partial charge >= 0.3 is 0 Å². The zero-order chi connectivity index (χ0) is 12.4. The van der Waals surface area contributed by atoms with Crippen molar-refractivity contribution in [3.8, 4) is 0 Å². The Labute approximate surface area is 106 Å². The van der Waals surface area contributed by atoms with E-state index in [0.717, 1.165) is 22.8 Å². The largest absolute Gasteiger partial charge is 0.253 e. The van der Waals surface area contributed by atoms with Crippen LogP contribution < -0.4 is 5.43 Å². The smallest absolute Gasteiger partial charge is 0.204 e. The molecule has 1 heterocycles. The Morgan fingerprint density at radius 1 is 1.41 bits per heavy atom. The summed E-state index contributed by atoms with van der Waals surface area (Å²) in [7, 11) is 0. The minimum Gasteiger partial charge on any atom is -0.253 e. The molecule has 0 spiro atoms. The van der Waals surface area contributed by atoms with Gasteiger partial charge in [0.15, 0.2) is 0 Å². The van der Waals surface area contributed by atoms with Crippen LogP contribution in [0.25, 0.3) is 10.2 Å². The van der Waals surface area contributed by atoms with Crippen molar-refractivity contribution < 1.29 is 0 Å². The van der Waals surface area contributed by atoms with Gasteiger partial charge in [-0.1, -0.05) is 24.3 Å². The average molecular weight is 247 g/mol. The third-order valence-corrected chi connectivity index (χ3v) is 3.79. The van der Waals surface area contributed by atoms with Gasteiger partial charge in [0.05, 0.1) is 10.2 Å². The fourth-order valence-corrected chi connectivity index (χ4v) is 2.50. The van der Waals surface area contributed by atoms with Gasteiger partial charge in [-0.2, -0.15) is 5.10 Å². The second kappa shape index (κ2) is 4.84. The van der Waals surface area contributed by atoms with Gasteiger partial charge in [-0.25, -0.2) is 4.98 Å². The third kappa shape index (κ3) is 2.64. The van der Waals surface area contributed by atoms with E-state index in [4.69, 9.17) is 0 Å². The van der Waals surface area contributed by atoms with E-state index in [1.54, 1.807) is 11.3 Å². The van der Waals surface area contributed by atoms with Crippen LogP contribution in [0.3, 0.4) is 0 Å². The van der Waals surface area contributed by atoms with Gasteiger partial charge in [0, 0.05) is 5.71 Å². The number of hydrazone groups is 1. The molecule has 1 aromatic carbocycles. The molecule has 1 aromatic heterocycles. The average Bonchev–Trinajstić information content (AvgIpc) is 2.69. The van der Waals surface area contributed by atoms with Gasteiger partial charge in [-0.15, -0.1) is 0 Å². The molecule has 3 nitrogen and oxygen atoms in total. The molecule has 0 atom stereocenters. The lowest BCUT2D eigenvalue weighted by Crippen LogP contribution is -1.94. The number of aromatic nitrogens is 1. The van der Waals surface area contributed by atoms with E-state index < -0.39 is 0 Å². The quantitative estimate of drug-likeness (QED) is 0.654. The second-order valence-corrected chi connectivity index (χ2v) is 5.26. The normalized spacial score (nSPS) is 12.1. The Morgan fingerprint density at radius 2 is 2.18 bits per heavy atom. The van der Waals surface area contributed by atoms with Gasteiger partial charge in [0.2, 0.25) is 5.13 Å². The predicted molar refractivity (Wildman–Crippen MR) is 76.1 cm³/mol. The summed E-state index contributed by atoms with van der Waals surface area (Å²) in [6, 6.07) is 4.30. The highest BCUT2D eigenvalue weighted by Gasteiger charge is 2.06. The van der Waals surface area contributed by atoms with Crippen LogP contribution in [0.1, 0.15) is 31.4 Å². The molecule has 0 unspecified atom stereocenters. The van der Waals surface area contributed by atoms with Crippen LogP contribution in [0.4, 0.5) is 5.13 Å². The van der Waals surface area contributed by atoms with E-state index >= 15 is 0 Å². The monoisotopic (exact) mass is 247 g/mol. The Bertz CT molecular complexity index is 569. The first kappa shape index (κ1) is 12.0. The molecular formula is C13H17N3S. The number of nitrogens with zero attached hydrogens (tertiary/aromatic N) is 2. The molecule has 0 aliphatic carbocycles. The lowest BCUT2D eigenvalue weighted by molar-refractivity contribution is 1.20. The van der Waals surface area contributed by atoms with E-state index in [2.05, 4.69) is 48.4 Å². The van der Waals surface area contributed by atoms with Crippen LogP contribution in [-0.4, -0.2) is 10.7 Å². The summed E-state index contributed by atoms with van der Waals surface area (Å²) < 4.78 is 1.24. The summed E-state index contributed by atoms with van der Waals surface area (Å²) >= 11 is 1.66. The summed E-state index contributed by atoms with van der Waals surface area (Å²) in [4.78, 5) is 4.54. The summed E-state index contributed by atoms with van der Waals surface area (Å²) in [6.07, 6.45) is 0.954. The number of aryl methyl sites for hydroxylation is 2. The van der Waals surface area contributed by atoms with E-state index in [0.29, 0.717) is 0 Å². The van der Waals surface area contributed by atoms with Crippen molar-refractivity contribution in [2.75, 3.05) is 5.43 Å². The number of rotatable bonds is 3. The van der Waals surface area contributed by atoms with Crippen molar-refractivity contribution in [1.82, 2.24) is 4.98 Å². The minimum absolute atomic E-state index is 0.862. The molecule has 0 saturated heterocycles. The van der Waals surface area contributed by atoms with Gasteiger partial charge in [0.1, 0.15) is 0 Å². The van der Waals surface area contributed by atoms with Gasteiger partial charge < -0.3 is 0 Å². The molecule has 90 valence electrons. The Balaban J connectivity index is 2.35. The maximum atomic E-state index is 4.54. The SMILES string of the molecule is CC/C(C)=N/Nc1nc2cc(C)cc(C)c2s1. The first-order valence-corrected chi connectivity index (χ1v) is 6.58. The number of nitrogens with one attached hydrogen (secondary N) is 1. The summed E-state index contributed by atoms with van der Waals surface area (Å²) in [6.45, 7) is 8.32. The fraction of sp³-hybridized carbons (Fsp3) is 0.385.